The highest BCUT2D eigenvalue weighted by molar-refractivity contribution is 6.02. The minimum absolute atomic E-state index is 0.0929. The average Bonchev–Trinajstić information content (AvgIpc) is 3.24. The molecule has 3 aromatic carbocycles. The van der Waals surface area contributed by atoms with Gasteiger partial charge in [-0.15, -0.1) is 0 Å². The van der Waals surface area contributed by atoms with Crippen LogP contribution in [-0.4, -0.2) is 22.4 Å². The SMILES string of the molecule is O=C(N/N=C/c1ccc(OCc2ccc(C(F)(F)F)cc2)c2ccccc12)c1cc(O)no1. The van der Waals surface area contributed by atoms with Gasteiger partial charge in [-0.25, -0.2) is 5.43 Å². The maximum absolute atomic E-state index is 12.7. The molecule has 0 spiro atoms. The Morgan fingerprint density at radius 2 is 1.82 bits per heavy atom. The summed E-state index contributed by atoms with van der Waals surface area (Å²) in [7, 11) is 0. The molecule has 0 unspecified atom stereocenters. The third-order valence-electron chi connectivity index (χ3n) is 4.68. The van der Waals surface area contributed by atoms with E-state index in [4.69, 9.17) is 9.84 Å². The quantitative estimate of drug-likeness (QED) is 0.319. The van der Waals surface area contributed by atoms with Gasteiger partial charge in [-0.1, -0.05) is 36.4 Å². The van der Waals surface area contributed by atoms with Gasteiger partial charge in [-0.2, -0.15) is 18.3 Å². The first kappa shape index (κ1) is 21.9. The van der Waals surface area contributed by atoms with Crippen LogP contribution in [0, 0.1) is 0 Å². The van der Waals surface area contributed by atoms with Crippen molar-refractivity contribution < 1.29 is 32.3 Å². The van der Waals surface area contributed by atoms with Crippen LogP contribution in [0.3, 0.4) is 0 Å². The third-order valence-corrected chi connectivity index (χ3v) is 4.68. The number of amides is 1. The summed E-state index contributed by atoms with van der Waals surface area (Å²) in [6.45, 7) is 0.0929. The molecule has 0 aliphatic carbocycles. The molecule has 0 aliphatic rings. The summed E-state index contributed by atoms with van der Waals surface area (Å²) in [4.78, 5) is 11.9. The van der Waals surface area contributed by atoms with Crippen molar-refractivity contribution in [3.8, 4) is 11.6 Å². The van der Waals surface area contributed by atoms with E-state index in [9.17, 15) is 18.0 Å². The second-order valence-electron chi connectivity index (χ2n) is 6.93. The Balaban J connectivity index is 1.48. The topological polar surface area (TPSA) is 97.0 Å². The molecule has 1 amide bonds. The molecule has 4 aromatic rings. The Morgan fingerprint density at radius 3 is 2.48 bits per heavy atom. The second-order valence-corrected chi connectivity index (χ2v) is 6.93. The summed E-state index contributed by atoms with van der Waals surface area (Å²) in [5, 5.41) is 17.8. The second kappa shape index (κ2) is 9.03. The number of nitrogens with one attached hydrogen (secondary N) is 1. The molecule has 1 heterocycles. The minimum Gasteiger partial charge on any atom is -0.491 e. The van der Waals surface area contributed by atoms with Crippen LogP contribution in [0.4, 0.5) is 13.2 Å². The number of hydrazone groups is 1. The van der Waals surface area contributed by atoms with E-state index in [-0.39, 0.29) is 12.4 Å². The minimum atomic E-state index is -4.39. The van der Waals surface area contributed by atoms with E-state index in [0.29, 0.717) is 16.9 Å². The van der Waals surface area contributed by atoms with Gasteiger partial charge >= 0.3 is 12.1 Å². The van der Waals surface area contributed by atoms with Crippen LogP contribution in [0.15, 0.2) is 76.4 Å². The Kier molecular flexibility index (Phi) is 5.99. The molecule has 0 atom stereocenters. The van der Waals surface area contributed by atoms with Crippen LogP contribution in [0.25, 0.3) is 10.8 Å². The lowest BCUT2D eigenvalue weighted by molar-refractivity contribution is -0.137. The van der Waals surface area contributed by atoms with E-state index in [1.807, 2.05) is 24.3 Å². The van der Waals surface area contributed by atoms with Gasteiger partial charge in [-0.05, 0) is 40.4 Å². The first-order chi connectivity index (χ1) is 15.8. The molecule has 10 heteroatoms. The van der Waals surface area contributed by atoms with E-state index in [1.54, 1.807) is 12.1 Å². The zero-order valence-corrected chi connectivity index (χ0v) is 16.8. The number of aromatic nitrogens is 1. The van der Waals surface area contributed by atoms with Gasteiger partial charge in [0, 0.05) is 10.9 Å². The summed E-state index contributed by atoms with van der Waals surface area (Å²) < 4.78 is 48.7. The summed E-state index contributed by atoms with van der Waals surface area (Å²) in [5.74, 6) is -0.743. The highest BCUT2D eigenvalue weighted by Gasteiger charge is 2.29. The molecule has 168 valence electrons. The van der Waals surface area contributed by atoms with E-state index in [2.05, 4.69) is 20.2 Å². The van der Waals surface area contributed by atoms with Gasteiger partial charge in [0.1, 0.15) is 12.4 Å². The Labute approximate surface area is 185 Å². The molecule has 0 radical (unpaired) electrons. The van der Waals surface area contributed by atoms with Crippen molar-refractivity contribution in [3.05, 3.63) is 89.2 Å². The van der Waals surface area contributed by atoms with Crippen molar-refractivity contribution in [2.24, 2.45) is 5.10 Å². The summed E-state index contributed by atoms with van der Waals surface area (Å²) in [6.07, 6.45) is -2.95. The van der Waals surface area contributed by atoms with Crippen LogP contribution in [0.1, 0.15) is 27.2 Å². The predicted octanol–water partition coefficient (Wildman–Crippen LogP) is 4.90. The summed E-state index contributed by atoms with van der Waals surface area (Å²) >= 11 is 0. The van der Waals surface area contributed by atoms with Crippen molar-refractivity contribution >= 4 is 22.9 Å². The lowest BCUT2D eigenvalue weighted by atomic mass is 10.0. The average molecular weight is 455 g/mol. The molecule has 4 rings (SSSR count). The van der Waals surface area contributed by atoms with Gasteiger partial charge in [-0.3, -0.25) is 4.79 Å². The Bertz CT molecular complexity index is 1310. The molecule has 0 fully saturated rings. The highest BCUT2D eigenvalue weighted by Crippen LogP contribution is 2.30. The number of rotatable bonds is 6. The fourth-order valence-electron chi connectivity index (χ4n) is 3.07. The van der Waals surface area contributed by atoms with E-state index >= 15 is 0 Å². The molecule has 33 heavy (non-hydrogen) atoms. The molecular weight excluding hydrogens is 439 g/mol. The van der Waals surface area contributed by atoms with Crippen LogP contribution >= 0.6 is 0 Å². The van der Waals surface area contributed by atoms with Crippen molar-refractivity contribution in [2.45, 2.75) is 12.8 Å². The summed E-state index contributed by atoms with van der Waals surface area (Å²) in [6, 6.07) is 16.6. The van der Waals surface area contributed by atoms with E-state index in [0.717, 1.165) is 29.0 Å². The highest BCUT2D eigenvalue weighted by atomic mass is 19.4. The van der Waals surface area contributed by atoms with Crippen molar-refractivity contribution in [1.29, 1.82) is 0 Å². The fourth-order valence-corrected chi connectivity index (χ4v) is 3.07. The maximum Gasteiger partial charge on any atom is 0.416 e. The van der Waals surface area contributed by atoms with E-state index < -0.39 is 23.5 Å². The lowest BCUT2D eigenvalue weighted by Gasteiger charge is -2.12. The third kappa shape index (κ3) is 5.12. The Hall–Kier alpha value is -4.34. The standard InChI is InChI=1S/C23H16F3N3O4/c24-23(25,26)16-8-5-14(6-9-16)13-32-19-10-7-15(17-3-1-2-4-18(17)19)12-27-28-22(31)20-11-21(30)29-33-20/h1-12H,13H2,(H,28,31)(H,29,30)/b27-12+. The first-order valence-corrected chi connectivity index (χ1v) is 9.61. The molecule has 7 nitrogen and oxygen atoms in total. The molecule has 0 bridgehead atoms. The number of carbonyl (C=O) groups excluding carboxylic acids is 1. The van der Waals surface area contributed by atoms with E-state index in [1.165, 1.54) is 18.3 Å². The molecule has 0 saturated heterocycles. The zero-order valence-electron chi connectivity index (χ0n) is 16.8. The Morgan fingerprint density at radius 1 is 1.09 bits per heavy atom. The van der Waals surface area contributed by atoms with Gasteiger partial charge in [0.15, 0.2) is 0 Å². The maximum atomic E-state index is 12.7. The normalized spacial score (nSPS) is 11.7. The zero-order chi connectivity index (χ0) is 23.4. The van der Waals surface area contributed by atoms with Gasteiger partial charge in [0.2, 0.25) is 5.76 Å². The summed E-state index contributed by atoms with van der Waals surface area (Å²) in [5.41, 5.74) is 2.85. The number of hydrogen-bond acceptors (Lipinski definition) is 6. The molecule has 2 N–H and O–H groups in total. The predicted molar refractivity (Wildman–Crippen MR) is 113 cm³/mol. The number of hydrogen-bond donors (Lipinski definition) is 2. The number of fused-ring (bicyclic) bond motifs is 1. The van der Waals surface area contributed by atoms with Crippen LogP contribution in [0.2, 0.25) is 0 Å². The smallest absolute Gasteiger partial charge is 0.416 e. The molecule has 0 aliphatic heterocycles. The number of alkyl halides is 3. The number of aromatic hydroxyl groups is 1. The lowest BCUT2D eigenvalue weighted by Crippen LogP contribution is -2.16. The van der Waals surface area contributed by atoms with Crippen LogP contribution in [0.5, 0.6) is 11.6 Å². The molecule has 0 saturated carbocycles. The fraction of sp³-hybridized carbons (Fsp3) is 0.0870. The van der Waals surface area contributed by atoms with Gasteiger partial charge < -0.3 is 14.4 Å². The van der Waals surface area contributed by atoms with Crippen LogP contribution in [-0.2, 0) is 12.8 Å². The number of benzene rings is 3. The van der Waals surface area contributed by atoms with Crippen molar-refractivity contribution in [1.82, 2.24) is 10.6 Å². The largest absolute Gasteiger partial charge is 0.491 e. The van der Waals surface area contributed by atoms with Gasteiger partial charge in [0.25, 0.3) is 5.88 Å². The number of ether oxygens (including phenoxy) is 1. The number of halogens is 3. The van der Waals surface area contributed by atoms with Gasteiger partial charge in [0.05, 0.1) is 17.8 Å². The van der Waals surface area contributed by atoms with Crippen molar-refractivity contribution in [2.75, 3.05) is 0 Å². The first-order valence-electron chi connectivity index (χ1n) is 9.61. The van der Waals surface area contributed by atoms with Crippen LogP contribution < -0.4 is 10.2 Å². The van der Waals surface area contributed by atoms with Crippen molar-refractivity contribution in [3.63, 3.8) is 0 Å². The number of carbonyl (C=O) groups is 1. The molecular formula is C23H16F3N3O4. The molecule has 1 aromatic heterocycles. The number of nitrogens with zero attached hydrogens (tertiary/aromatic N) is 2. The monoisotopic (exact) mass is 455 g/mol.